The number of carbonyl (C=O) groups excluding carboxylic acids is 1. The average molecular weight is 449 g/mol. The lowest BCUT2D eigenvalue weighted by Crippen LogP contribution is -2.47. The average Bonchev–Trinajstić information content (AvgIpc) is 3.20. The van der Waals surface area contributed by atoms with E-state index in [2.05, 4.69) is 52.6 Å². The van der Waals surface area contributed by atoms with Crippen LogP contribution in [-0.4, -0.2) is 53.1 Å². The van der Waals surface area contributed by atoms with Crippen molar-refractivity contribution < 1.29 is 4.79 Å². The van der Waals surface area contributed by atoms with Crippen LogP contribution in [0, 0.1) is 10.3 Å². The maximum absolute atomic E-state index is 11.7. The fraction of sp³-hybridized carbons (Fsp3) is 0.440. The molecule has 0 atom stereocenters. The lowest BCUT2D eigenvalue weighted by atomic mass is 9.92. The summed E-state index contributed by atoms with van der Waals surface area (Å²) in [5.41, 5.74) is 5.84. The number of aromatic nitrogens is 2. The Morgan fingerprint density at radius 1 is 1.09 bits per heavy atom. The molecule has 1 fully saturated rings. The molecule has 0 bridgehead atoms. The van der Waals surface area contributed by atoms with Gasteiger partial charge in [-0.2, -0.15) is 0 Å². The number of rotatable bonds is 7. The Morgan fingerprint density at radius 2 is 1.82 bits per heavy atom. The number of hydrogen-bond acceptors (Lipinski definition) is 6. The van der Waals surface area contributed by atoms with Gasteiger partial charge in [0.05, 0.1) is 17.2 Å². The number of nitrogens with one attached hydrogen (secondary N) is 1. The van der Waals surface area contributed by atoms with Crippen molar-refractivity contribution in [1.29, 1.82) is 0 Å². The van der Waals surface area contributed by atoms with Crippen molar-refractivity contribution in [3.63, 3.8) is 0 Å². The van der Waals surface area contributed by atoms with Gasteiger partial charge in [0.15, 0.2) is 0 Å². The molecule has 0 aliphatic carbocycles. The van der Waals surface area contributed by atoms with E-state index in [1.54, 1.807) is 12.1 Å². The summed E-state index contributed by atoms with van der Waals surface area (Å²) in [5, 5.41) is 3.54. The number of amides is 1. The van der Waals surface area contributed by atoms with Crippen LogP contribution >= 0.6 is 0 Å². The van der Waals surface area contributed by atoms with Gasteiger partial charge in [0.25, 0.3) is 5.91 Å². The summed E-state index contributed by atoms with van der Waals surface area (Å²) in [7, 11) is 0. The van der Waals surface area contributed by atoms with Crippen LogP contribution in [0.3, 0.4) is 0 Å². The first-order chi connectivity index (χ1) is 15.8. The molecule has 8 heteroatoms. The van der Waals surface area contributed by atoms with E-state index in [1.807, 2.05) is 30.0 Å². The fourth-order valence-corrected chi connectivity index (χ4v) is 4.15. The molecule has 33 heavy (non-hydrogen) atoms. The zero-order valence-electron chi connectivity index (χ0n) is 19.6. The molecule has 8 nitrogen and oxygen atoms in total. The molecule has 1 amide bonds. The van der Waals surface area contributed by atoms with E-state index in [0.717, 1.165) is 49.3 Å². The minimum Gasteiger partial charge on any atom is -0.368 e. The van der Waals surface area contributed by atoms with E-state index in [0.29, 0.717) is 17.5 Å². The van der Waals surface area contributed by atoms with Gasteiger partial charge < -0.3 is 9.47 Å². The highest BCUT2D eigenvalue weighted by molar-refractivity contribution is 5.93. The Kier molecular flexibility index (Phi) is 6.74. The largest absolute Gasteiger partial charge is 0.368 e. The predicted molar refractivity (Wildman–Crippen MR) is 131 cm³/mol. The van der Waals surface area contributed by atoms with Gasteiger partial charge in [-0.25, -0.2) is 10.4 Å². The Bertz CT molecular complexity index is 1110. The lowest BCUT2D eigenvalue weighted by Gasteiger charge is -2.37. The third-order valence-corrected chi connectivity index (χ3v) is 6.22. The van der Waals surface area contributed by atoms with Crippen LogP contribution in [0.15, 0.2) is 54.1 Å². The van der Waals surface area contributed by atoms with Crippen molar-refractivity contribution in [2.75, 3.05) is 37.6 Å². The van der Waals surface area contributed by atoms with Gasteiger partial charge in [-0.05, 0) is 48.2 Å². The SMILES string of the molecule is CC(C)(C)CCN1CCN(c2cnc3c(ccn3Cc3ccc(C(=O)NN=O)cc3)c2)CC1. The molecule has 1 aliphatic heterocycles. The van der Waals surface area contributed by atoms with Gasteiger partial charge in [0, 0.05) is 49.9 Å². The maximum Gasteiger partial charge on any atom is 0.273 e. The van der Waals surface area contributed by atoms with Crippen LogP contribution in [0.2, 0.25) is 0 Å². The topological polar surface area (TPSA) is 82.8 Å². The molecular weight excluding hydrogens is 416 g/mol. The Labute approximate surface area is 194 Å². The third kappa shape index (κ3) is 5.76. The van der Waals surface area contributed by atoms with Crippen molar-refractivity contribution in [1.82, 2.24) is 19.9 Å². The number of fused-ring (bicyclic) bond motifs is 1. The molecule has 2 aromatic heterocycles. The number of hydrogen-bond donors (Lipinski definition) is 1. The minimum atomic E-state index is -0.507. The summed E-state index contributed by atoms with van der Waals surface area (Å²) >= 11 is 0. The number of pyridine rings is 1. The van der Waals surface area contributed by atoms with Crippen molar-refractivity contribution in [3.8, 4) is 0 Å². The Balaban J connectivity index is 1.39. The highest BCUT2D eigenvalue weighted by Crippen LogP contribution is 2.24. The van der Waals surface area contributed by atoms with Crippen molar-refractivity contribution in [2.45, 2.75) is 33.7 Å². The summed E-state index contributed by atoms with van der Waals surface area (Å²) in [4.78, 5) is 31.6. The molecule has 0 radical (unpaired) electrons. The van der Waals surface area contributed by atoms with E-state index < -0.39 is 5.91 Å². The first kappa shape index (κ1) is 22.9. The van der Waals surface area contributed by atoms with E-state index in [9.17, 15) is 9.70 Å². The van der Waals surface area contributed by atoms with Crippen LogP contribution in [-0.2, 0) is 6.54 Å². The molecule has 3 heterocycles. The Hall–Kier alpha value is -3.26. The second-order valence-electron chi connectivity index (χ2n) is 9.92. The van der Waals surface area contributed by atoms with Gasteiger partial charge in [-0.3, -0.25) is 9.69 Å². The monoisotopic (exact) mass is 448 g/mol. The molecule has 1 aliphatic rings. The van der Waals surface area contributed by atoms with E-state index in [-0.39, 0.29) is 0 Å². The van der Waals surface area contributed by atoms with Crippen molar-refractivity contribution >= 4 is 22.6 Å². The fourth-order valence-electron chi connectivity index (χ4n) is 4.15. The molecule has 1 saturated heterocycles. The van der Waals surface area contributed by atoms with Crippen LogP contribution in [0.4, 0.5) is 5.69 Å². The minimum absolute atomic E-state index is 0.379. The van der Waals surface area contributed by atoms with Crippen molar-refractivity contribution in [3.05, 3.63) is 64.8 Å². The smallest absolute Gasteiger partial charge is 0.273 e. The number of carbonyl (C=O) groups is 1. The summed E-state index contributed by atoms with van der Waals surface area (Å²) in [6, 6.07) is 11.5. The van der Waals surface area contributed by atoms with E-state index in [4.69, 9.17) is 4.98 Å². The van der Waals surface area contributed by atoms with E-state index in [1.165, 1.54) is 12.1 Å². The van der Waals surface area contributed by atoms with Crippen LogP contribution in [0.25, 0.3) is 11.0 Å². The maximum atomic E-state index is 11.7. The summed E-state index contributed by atoms with van der Waals surface area (Å²) in [5.74, 6) is -0.507. The third-order valence-electron chi connectivity index (χ3n) is 6.22. The predicted octanol–water partition coefficient (Wildman–Crippen LogP) is 4.05. The number of piperazine rings is 1. The molecule has 4 rings (SSSR count). The van der Waals surface area contributed by atoms with Crippen LogP contribution < -0.4 is 10.3 Å². The summed E-state index contributed by atoms with van der Waals surface area (Å²) in [6.45, 7) is 13.0. The van der Waals surface area contributed by atoms with Crippen LogP contribution in [0.1, 0.15) is 43.1 Å². The molecule has 0 saturated carbocycles. The molecule has 0 unspecified atom stereocenters. The van der Waals surface area contributed by atoms with Gasteiger partial charge >= 0.3 is 0 Å². The second-order valence-corrected chi connectivity index (χ2v) is 9.92. The highest BCUT2D eigenvalue weighted by Gasteiger charge is 2.20. The zero-order valence-corrected chi connectivity index (χ0v) is 19.6. The van der Waals surface area contributed by atoms with Crippen LogP contribution in [0.5, 0.6) is 0 Å². The molecule has 1 N–H and O–H groups in total. The highest BCUT2D eigenvalue weighted by atomic mass is 16.3. The standard InChI is InChI=1S/C25H32N6O2/c1-25(2,3)9-11-29-12-14-30(15-13-29)22-16-21-8-10-31(23(21)26-17-22)18-19-4-6-20(7-5-19)24(32)27-28-33/h4-8,10,16-17H,9,11-15,18H2,1-3H3,(H,27,32,33). The van der Waals surface area contributed by atoms with Gasteiger partial charge in [0.2, 0.25) is 0 Å². The lowest BCUT2D eigenvalue weighted by molar-refractivity contribution is 0.0954. The van der Waals surface area contributed by atoms with Gasteiger partial charge in [-0.15, -0.1) is 4.91 Å². The number of anilines is 1. The summed E-state index contributed by atoms with van der Waals surface area (Å²) in [6.07, 6.45) is 5.24. The molecule has 1 aromatic carbocycles. The van der Waals surface area contributed by atoms with Gasteiger partial charge in [0.1, 0.15) is 5.65 Å². The number of benzene rings is 1. The van der Waals surface area contributed by atoms with Crippen molar-refractivity contribution in [2.24, 2.45) is 10.7 Å². The molecule has 174 valence electrons. The first-order valence-electron chi connectivity index (χ1n) is 11.5. The zero-order chi connectivity index (χ0) is 23.4. The second kappa shape index (κ2) is 9.70. The quantitative estimate of drug-likeness (QED) is 0.435. The number of nitrogens with zero attached hydrogens (tertiary/aromatic N) is 5. The summed E-state index contributed by atoms with van der Waals surface area (Å²) < 4.78 is 2.10. The van der Waals surface area contributed by atoms with Gasteiger partial charge in [-0.1, -0.05) is 32.9 Å². The number of nitroso groups, excluding NO2 is 1. The normalized spacial score (nSPS) is 15.1. The molecule has 3 aromatic rings. The molecular formula is C25H32N6O2. The first-order valence-corrected chi connectivity index (χ1v) is 11.5. The molecule has 0 spiro atoms. The Morgan fingerprint density at radius 3 is 2.48 bits per heavy atom. The van der Waals surface area contributed by atoms with E-state index >= 15 is 0 Å².